The van der Waals surface area contributed by atoms with E-state index in [1.165, 1.54) is 5.56 Å². The van der Waals surface area contributed by atoms with Crippen molar-refractivity contribution in [3.05, 3.63) is 119 Å². The van der Waals surface area contributed by atoms with Crippen LogP contribution in [0.2, 0.25) is 0 Å². The molecule has 3 heterocycles. The average Bonchev–Trinajstić information content (AvgIpc) is 2.92. The molecule has 36 heavy (non-hydrogen) atoms. The van der Waals surface area contributed by atoms with Crippen molar-refractivity contribution >= 4 is 17.3 Å². The van der Waals surface area contributed by atoms with Gasteiger partial charge in [-0.05, 0) is 53.8 Å². The molecule has 2 aromatic heterocycles. The Labute approximate surface area is 211 Å². The van der Waals surface area contributed by atoms with Gasteiger partial charge in [0.2, 0.25) is 0 Å². The number of carbonyl (C=O) groups is 1. The number of rotatable bonds is 10. The topological polar surface area (TPSA) is 75.5 Å². The Morgan fingerprint density at radius 1 is 0.833 bits per heavy atom. The Bertz CT molecular complexity index is 1260. The largest absolute Gasteiger partial charge is 0.479 e. The lowest BCUT2D eigenvalue weighted by Gasteiger charge is -2.32. The Hall–Kier alpha value is -4.03. The van der Waals surface area contributed by atoms with Crippen molar-refractivity contribution in [2.45, 2.75) is 38.4 Å². The maximum atomic E-state index is 11.7. The van der Waals surface area contributed by atoms with Crippen LogP contribution in [-0.2, 0) is 35.4 Å². The first-order valence-electron chi connectivity index (χ1n) is 12.3. The summed E-state index contributed by atoms with van der Waals surface area (Å²) in [7, 11) is 0. The number of benzene rings is 2. The summed E-state index contributed by atoms with van der Waals surface area (Å²) in [5.74, 6) is -0.943. The van der Waals surface area contributed by atoms with E-state index in [0.29, 0.717) is 6.42 Å². The Balaban J connectivity index is 1.18. The number of aromatic nitrogens is 2. The van der Waals surface area contributed by atoms with Crippen molar-refractivity contribution in [2.75, 3.05) is 11.4 Å². The van der Waals surface area contributed by atoms with Gasteiger partial charge in [0.1, 0.15) is 0 Å². The van der Waals surface area contributed by atoms with Gasteiger partial charge in [-0.2, -0.15) is 0 Å². The molecule has 1 aliphatic heterocycles. The molecule has 182 valence electrons. The highest BCUT2D eigenvalue weighted by Crippen LogP contribution is 2.36. The molecule has 0 saturated heterocycles. The molecule has 0 aliphatic carbocycles. The van der Waals surface area contributed by atoms with Crippen molar-refractivity contribution in [1.29, 1.82) is 0 Å². The second-order valence-electron chi connectivity index (χ2n) is 9.01. The molecule has 1 atom stereocenters. The number of carboxylic acids is 1. The van der Waals surface area contributed by atoms with E-state index in [1.54, 1.807) is 0 Å². The van der Waals surface area contributed by atoms with Crippen molar-refractivity contribution < 1.29 is 14.6 Å². The number of hydrogen-bond acceptors (Lipinski definition) is 5. The van der Waals surface area contributed by atoms with Crippen LogP contribution in [0.5, 0.6) is 0 Å². The number of aryl methyl sites for hydroxylation is 1. The van der Waals surface area contributed by atoms with Gasteiger partial charge in [-0.25, -0.2) is 4.79 Å². The third-order valence-electron chi connectivity index (χ3n) is 6.51. The number of ether oxygens (including phenoxy) is 1. The van der Waals surface area contributed by atoms with Gasteiger partial charge in [-0.1, -0.05) is 54.6 Å². The van der Waals surface area contributed by atoms with E-state index >= 15 is 0 Å². The van der Waals surface area contributed by atoms with Crippen LogP contribution in [0.4, 0.5) is 11.4 Å². The summed E-state index contributed by atoms with van der Waals surface area (Å²) < 4.78 is 5.70. The molecule has 5 rings (SSSR count). The van der Waals surface area contributed by atoms with Gasteiger partial charge in [-0.15, -0.1) is 0 Å². The van der Waals surface area contributed by atoms with Gasteiger partial charge in [0.25, 0.3) is 0 Å². The molecule has 2 aromatic carbocycles. The summed E-state index contributed by atoms with van der Waals surface area (Å²) in [6, 6.07) is 26.1. The van der Waals surface area contributed by atoms with Gasteiger partial charge in [-0.3, -0.25) is 9.97 Å². The molecular formula is C30H29N3O3. The van der Waals surface area contributed by atoms with E-state index in [4.69, 9.17) is 4.74 Å². The number of fused-ring (bicyclic) bond motifs is 2. The summed E-state index contributed by atoms with van der Waals surface area (Å²) in [6.45, 7) is 1.15. The lowest BCUT2D eigenvalue weighted by Crippen LogP contribution is -2.26. The standard InChI is InChI=1S/C30H29N3O3/c34-30(35)29(36-21-24-7-2-1-3-8-24)19-23-14-12-22(13-15-23)9-6-18-33-27-10-4-16-31-25(27)20-26-28(33)11-5-17-32-26/h1-5,7-8,10-17,29H,6,9,18-21H2,(H,34,35). The molecule has 0 saturated carbocycles. The predicted molar refractivity (Wildman–Crippen MR) is 139 cm³/mol. The quantitative estimate of drug-likeness (QED) is 0.330. The number of carboxylic acid groups (broad SMARTS) is 1. The number of pyridine rings is 2. The number of nitrogens with zero attached hydrogens (tertiary/aromatic N) is 3. The lowest BCUT2D eigenvalue weighted by molar-refractivity contribution is -0.151. The summed E-state index contributed by atoms with van der Waals surface area (Å²) in [4.78, 5) is 23.2. The van der Waals surface area contributed by atoms with Crippen LogP contribution >= 0.6 is 0 Å². The van der Waals surface area contributed by atoms with Gasteiger partial charge in [0, 0.05) is 31.8 Å². The maximum absolute atomic E-state index is 11.7. The van der Waals surface area contributed by atoms with Crippen LogP contribution in [0, 0.1) is 0 Å². The number of anilines is 2. The normalized spacial score (nSPS) is 13.1. The molecule has 0 spiro atoms. The predicted octanol–water partition coefficient (Wildman–Crippen LogP) is 5.36. The molecule has 4 aromatic rings. The Kier molecular flexibility index (Phi) is 7.33. The van der Waals surface area contributed by atoms with Crippen molar-refractivity contribution in [2.24, 2.45) is 0 Å². The summed E-state index contributed by atoms with van der Waals surface area (Å²) in [6.07, 6.45) is 5.80. The van der Waals surface area contributed by atoms with E-state index in [-0.39, 0.29) is 6.61 Å². The summed E-state index contributed by atoms with van der Waals surface area (Å²) in [5, 5.41) is 9.61. The lowest BCUT2D eigenvalue weighted by atomic mass is 10.0. The SMILES string of the molecule is O=C(O)C(Cc1ccc(CCCN2c3cccnc3Cc3ncccc32)cc1)OCc1ccccc1. The van der Waals surface area contributed by atoms with Crippen LogP contribution in [0.25, 0.3) is 0 Å². The zero-order valence-electron chi connectivity index (χ0n) is 20.1. The van der Waals surface area contributed by atoms with E-state index in [1.807, 2.05) is 67.0 Å². The third kappa shape index (κ3) is 5.61. The molecule has 1 aliphatic rings. The zero-order valence-corrected chi connectivity index (χ0v) is 20.1. The smallest absolute Gasteiger partial charge is 0.333 e. The molecule has 0 bridgehead atoms. The third-order valence-corrected chi connectivity index (χ3v) is 6.51. The van der Waals surface area contributed by atoms with Gasteiger partial charge in [0.15, 0.2) is 6.10 Å². The molecule has 0 radical (unpaired) electrons. The van der Waals surface area contributed by atoms with Gasteiger partial charge < -0.3 is 14.7 Å². The molecular weight excluding hydrogens is 450 g/mol. The fourth-order valence-electron chi connectivity index (χ4n) is 4.64. The fourth-order valence-corrected chi connectivity index (χ4v) is 4.64. The molecule has 1 unspecified atom stereocenters. The molecule has 0 amide bonds. The molecule has 6 nitrogen and oxygen atoms in total. The van der Waals surface area contributed by atoms with Gasteiger partial charge >= 0.3 is 5.97 Å². The molecule has 1 N–H and O–H groups in total. The highest BCUT2D eigenvalue weighted by Gasteiger charge is 2.23. The Morgan fingerprint density at radius 2 is 1.47 bits per heavy atom. The second kappa shape index (κ2) is 11.1. The number of aliphatic carboxylic acids is 1. The number of hydrogen-bond donors (Lipinski definition) is 1. The monoisotopic (exact) mass is 479 g/mol. The minimum Gasteiger partial charge on any atom is -0.479 e. The van der Waals surface area contributed by atoms with E-state index < -0.39 is 12.1 Å². The van der Waals surface area contributed by atoms with Crippen molar-refractivity contribution in [3.8, 4) is 0 Å². The first kappa shape index (κ1) is 23.7. The molecule has 6 heteroatoms. The minimum absolute atomic E-state index is 0.281. The van der Waals surface area contributed by atoms with Crippen LogP contribution in [0.1, 0.15) is 34.5 Å². The van der Waals surface area contributed by atoms with Crippen molar-refractivity contribution in [3.63, 3.8) is 0 Å². The second-order valence-corrected chi connectivity index (χ2v) is 9.01. The minimum atomic E-state index is -0.943. The van der Waals surface area contributed by atoms with Crippen LogP contribution in [0.3, 0.4) is 0 Å². The van der Waals surface area contributed by atoms with Crippen molar-refractivity contribution in [1.82, 2.24) is 9.97 Å². The highest BCUT2D eigenvalue weighted by molar-refractivity contribution is 5.73. The summed E-state index contributed by atoms with van der Waals surface area (Å²) >= 11 is 0. The van der Waals surface area contributed by atoms with Crippen LogP contribution in [0.15, 0.2) is 91.3 Å². The Morgan fingerprint density at radius 3 is 2.11 bits per heavy atom. The summed E-state index contributed by atoms with van der Waals surface area (Å²) in [5.41, 5.74) is 7.59. The molecule has 0 fully saturated rings. The highest BCUT2D eigenvalue weighted by atomic mass is 16.5. The van der Waals surface area contributed by atoms with E-state index in [0.717, 1.165) is 59.7 Å². The van der Waals surface area contributed by atoms with E-state index in [2.05, 4.69) is 39.1 Å². The van der Waals surface area contributed by atoms with E-state index in [9.17, 15) is 9.90 Å². The fraction of sp³-hybridized carbons (Fsp3) is 0.233. The zero-order chi connectivity index (χ0) is 24.7. The van der Waals surface area contributed by atoms with Crippen LogP contribution in [-0.4, -0.2) is 33.7 Å². The van der Waals surface area contributed by atoms with Gasteiger partial charge in [0.05, 0.1) is 29.4 Å². The van der Waals surface area contributed by atoms with Crippen LogP contribution < -0.4 is 4.90 Å². The maximum Gasteiger partial charge on any atom is 0.333 e. The first-order valence-corrected chi connectivity index (χ1v) is 12.3. The average molecular weight is 480 g/mol. The first-order chi connectivity index (χ1) is 17.7.